The molecule has 15 heavy (non-hydrogen) atoms. The van der Waals surface area contributed by atoms with E-state index >= 15 is 0 Å². The van der Waals surface area contributed by atoms with Crippen LogP contribution >= 0.6 is 11.8 Å². The van der Waals surface area contributed by atoms with Gasteiger partial charge < -0.3 is 11.1 Å². The lowest BCUT2D eigenvalue weighted by Crippen LogP contribution is -2.22. The first kappa shape index (κ1) is 10.3. The standard InChI is InChI=1S/C10H13N3OS/c11-9(14)8-2-1-4-12-10(8)13-7-3-5-15-6-7/h1-2,4,7H,3,5-6H2,(H2,11,14)(H,12,13)/t7-/m1/s1. The van der Waals surface area contributed by atoms with E-state index in [-0.39, 0.29) is 0 Å². The predicted molar refractivity (Wildman–Crippen MR) is 62.1 cm³/mol. The summed E-state index contributed by atoms with van der Waals surface area (Å²) in [5, 5.41) is 3.26. The molecule has 2 rings (SSSR count). The molecule has 1 atom stereocenters. The van der Waals surface area contributed by atoms with E-state index in [2.05, 4.69) is 10.3 Å². The van der Waals surface area contributed by atoms with Gasteiger partial charge in [0.1, 0.15) is 5.82 Å². The van der Waals surface area contributed by atoms with Crippen LogP contribution in [0, 0.1) is 0 Å². The molecule has 0 radical (unpaired) electrons. The van der Waals surface area contributed by atoms with Gasteiger partial charge >= 0.3 is 0 Å². The number of nitrogens with two attached hydrogens (primary N) is 1. The van der Waals surface area contributed by atoms with Crippen molar-refractivity contribution in [2.24, 2.45) is 5.73 Å². The summed E-state index contributed by atoms with van der Waals surface area (Å²) < 4.78 is 0. The van der Waals surface area contributed by atoms with Gasteiger partial charge in [0.05, 0.1) is 5.56 Å². The van der Waals surface area contributed by atoms with Crippen LogP contribution in [-0.2, 0) is 0 Å². The number of pyridine rings is 1. The van der Waals surface area contributed by atoms with Gasteiger partial charge in [0, 0.05) is 18.0 Å². The Morgan fingerprint density at radius 2 is 2.53 bits per heavy atom. The second-order valence-corrected chi connectivity index (χ2v) is 4.62. The van der Waals surface area contributed by atoms with Crippen molar-refractivity contribution in [3.8, 4) is 0 Å². The third kappa shape index (κ3) is 2.41. The number of carbonyl (C=O) groups is 1. The smallest absolute Gasteiger partial charge is 0.252 e. The molecule has 0 spiro atoms. The van der Waals surface area contributed by atoms with Crippen LogP contribution in [0.3, 0.4) is 0 Å². The van der Waals surface area contributed by atoms with Crippen LogP contribution in [0.2, 0.25) is 0 Å². The first-order chi connectivity index (χ1) is 7.27. The third-order valence-corrected chi connectivity index (χ3v) is 3.51. The van der Waals surface area contributed by atoms with E-state index in [1.54, 1.807) is 18.3 Å². The summed E-state index contributed by atoms with van der Waals surface area (Å²) in [7, 11) is 0. The molecule has 1 aromatic heterocycles. The fraction of sp³-hybridized carbons (Fsp3) is 0.400. The zero-order valence-electron chi connectivity index (χ0n) is 8.27. The number of thioether (sulfide) groups is 1. The first-order valence-electron chi connectivity index (χ1n) is 4.86. The van der Waals surface area contributed by atoms with Crippen LogP contribution in [0.5, 0.6) is 0 Å². The molecule has 0 saturated carbocycles. The van der Waals surface area contributed by atoms with E-state index in [0.717, 1.165) is 17.9 Å². The molecule has 0 aliphatic carbocycles. The number of hydrogen-bond donors (Lipinski definition) is 2. The Balaban J connectivity index is 2.15. The molecule has 0 bridgehead atoms. The van der Waals surface area contributed by atoms with Crippen LogP contribution < -0.4 is 11.1 Å². The normalized spacial score (nSPS) is 20.1. The van der Waals surface area contributed by atoms with Gasteiger partial charge in [0.25, 0.3) is 5.91 Å². The van der Waals surface area contributed by atoms with Crippen molar-refractivity contribution < 1.29 is 4.79 Å². The molecule has 1 aliphatic rings. The van der Waals surface area contributed by atoms with Crippen molar-refractivity contribution >= 4 is 23.5 Å². The van der Waals surface area contributed by atoms with Gasteiger partial charge in [0.15, 0.2) is 0 Å². The van der Waals surface area contributed by atoms with Crippen molar-refractivity contribution in [1.82, 2.24) is 4.98 Å². The van der Waals surface area contributed by atoms with E-state index in [4.69, 9.17) is 5.73 Å². The van der Waals surface area contributed by atoms with Gasteiger partial charge in [-0.2, -0.15) is 11.8 Å². The zero-order chi connectivity index (χ0) is 10.7. The Morgan fingerprint density at radius 3 is 3.20 bits per heavy atom. The monoisotopic (exact) mass is 223 g/mol. The molecule has 1 amide bonds. The zero-order valence-corrected chi connectivity index (χ0v) is 9.09. The lowest BCUT2D eigenvalue weighted by molar-refractivity contribution is 0.100. The number of primary amides is 1. The van der Waals surface area contributed by atoms with Gasteiger partial charge in [-0.25, -0.2) is 4.98 Å². The molecule has 3 N–H and O–H groups in total. The summed E-state index contributed by atoms with van der Waals surface area (Å²) in [5.41, 5.74) is 5.73. The number of hydrogen-bond acceptors (Lipinski definition) is 4. The summed E-state index contributed by atoms with van der Waals surface area (Å²) in [6.45, 7) is 0. The summed E-state index contributed by atoms with van der Waals surface area (Å²) >= 11 is 1.91. The molecular weight excluding hydrogens is 210 g/mol. The number of anilines is 1. The minimum atomic E-state index is -0.434. The molecule has 0 unspecified atom stereocenters. The van der Waals surface area contributed by atoms with Crippen LogP contribution in [0.4, 0.5) is 5.82 Å². The van der Waals surface area contributed by atoms with Crippen molar-refractivity contribution in [1.29, 1.82) is 0 Å². The molecule has 0 aromatic carbocycles. The van der Waals surface area contributed by atoms with E-state index in [1.807, 2.05) is 11.8 Å². The fourth-order valence-corrected chi connectivity index (χ4v) is 2.71. The van der Waals surface area contributed by atoms with Crippen molar-refractivity contribution in [2.45, 2.75) is 12.5 Å². The number of amides is 1. The molecule has 5 heteroatoms. The number of rotatable bonds is 3. The minimum absolute atomic E-state index is 0.406. The molecular formula is C10H13N3OS. The topological polar surface area (TPSA) is 68.0 Å². The van der Waals surface area contributed by atoms with Gasteiger partial charge in [-0.3, -0.25) is 4.79 Å². The van der Waals surface area contributed by atoms with Crippen LogP contribution in [0.15, 0.2) is 18.3 Å². The maximum Gasteiger partial charge on any atom is 0.252 e. The molecule has 1 aromatic rings. The maximum absolute atomic E-state index is 11.1. The molecule has 1 saturated heterocycles. The Bertz CT molecular complexity index is 363. The Kier molecular flexibility index (Phi) is 3.11. The molecule has 80 valence electrons. The Labute approximate surface area is 92.6 Å². The lowest BCUT2D eigenvalue weighted by Gasteiger charge is -2.13. The van der Waals surface area contributed by atoms with Gasteiger partial charge in [-0.05, 0) is 24.3 Å². The highest BCUT2D eigenvalue weighted by Gasteiger charge is 2.17. The van der Waals surface area contributed by atoms with Crippen molar-refractivity contribution in [3.63, 3.8) is 0 Å². The van der Waals surface area contributed by atoms with Gasteiger partial charge in [-0.1, -0.05) is 0 Å². The predicted octanol–water partition coefficient (Wildman–Crippen LogP) is 1.10. The number of nitrogens with zero attached hydrogens (tertiary/aromatic N) is 1. The molecule has 4 nitrogen and oxygen atoms in total. The van der Waals surface area contributed by atoms with Crippen LogP contribution in [-0.4, -0.2) is 28.4 Å². The average Bonchev–Trinajstić information content (AvgIpc) is 2.71. The quantitative estimate of drug-likeness (QED) is 0.805. The number of aromatic nitrogens is 1. The second kappa shape index (κ2) is 4.53. The fourth-order valence-electron chi connectivity index (χ4n) is 1.56. The van der Waals surface area contributed by atoms with E-state index in [1.165, 1.54) is 0 Å². The minimum Gasteiger partial charge on any atom is -0.366 e. The summed E-state index contributed by atoms with van der Waals surface area (Å²) in [5.74, 6) is 2.40. The highest BCUT2D eigenvalue weighted by atomic mass is 32.2. The number of nitrogens with one attached hydrogen (secondary N) is 1. The van der Waals surface area contributed by atoms with Crippen LogP contribution in [0.25, 0.3) is 0 Å². The van der Waals surface area contributed by atoms with E-state index in [0.29, 0.717) is 17.4 Å². The summed E-state index contributed by atoms with van der Waals surface area (Å²) in [6.07, 6.45) is 2.77. The molecule has 1 fully saturated rings. The Hall–Kier alpha value is -1.23. The maximum atomic E-state index is 11.1. The average molecular weight is 223 g/mol. The second-order valence-electron chi connectivity index (χ2n) is 3.47. The summed E-state index contributed by atoms with van der Waals surface area (Å²) in [6, 6.07) is 3.82. The van der Waals surface area contributed by atoms with E-state index in [9.17, 15) is 4.79 Å². The number of carbonyl (C=O) groups excluding carboxylic acids is 1. The largest absolute Gasteiger partial charge is 0.366 e. The lowest BCUT2D eigenvalue weighted by atomic mass is 10.2. The van der Waals surface area contributed by atoms with Gasteiger partial charge in [-0.15, -0.1) is 0 Å². The molecule has 1 aliphatic heterocycles. The van der Waals surface area contributed by atoms with Crippen LogP contribution in [0.1, 0.15) is 16.8 Å². The third-order valence-electron chi connectivity index (χ3n) is 2.34. The first-order valence-corrected chi connectivity index (χ1v) is 6.02. The van der Waals surface area contributed by atoms with Crippen molar-refractivity contribution in [3.05, 3.63) is 23.9 Å². The molecule has 2 heterocycles. The summed E-state index contributed by atoms with van der Waals surface area (Å²) in [4.78, 5) is 15.3. The Morgan fingerprint density at radius 1 is 1.67 bits per heavy atom. The highest BCUT2D eigenvalue weighted by Crippen LogP contribution is 2.21. The van der Waals surface area contributed by atoms with Gasteiger partial charge in [0.2, 0.25) is 0 Å². The van der Waals surface area contributed by atoms with E-state index < -0.39 is 5.91 Å². The van der Waals surface area contributed by atoms with Crippen molar-refractivity contribution in [2.75, 3.05) is 16.8 Å². The SMILES string of the molecule is NC(=O)c1cccnc1N[C@@H]1CCSC1. The highest BCUT2D eigenvalue weighted by molar-refractivity contribution is 7.99.